The smallest absolute Gasteiger partial charge is 0.220 e. The van der Waals surface area contributed by atoms with Crippen molar-refractivity contribution in [3.63, 3.8) is 0 Å². The number of methoxy groups -OCH3 is 2. The average molecular weight is 332 g/mol. The van der Waals surface area contributed by atoms with Crippen LogP contribution in [-0.2, 0) is 0 Å². The third-order valence-electron chi connectivity index (χ3n) is 2.78. The summed E-state index contributed by atoms with van der Waals surface area (Å²) in [4.78, 5) is 8.15. The fourth-order valence-electron chi connectivity index (χ4n) is 1.71. The summed E-state index contributed by atoms with van der Waals surface area (Å²) in [6, 6.07) is 4.01. The molecule has 0 aliphatic carbocycles. The van der Waals surface area contributed by atoms with E-state index in [-0.39, 0.29) is 33.9 Å². The van der Waals surface area contributed by atoms with Crippen LogP contribution in [0.2, 0.25) is 5.02 Å². The summed E-state index contributed by atoms with van der Waals surface area (Å²) in [5, 5.41) is -0.834. The van der Waals surface area contributed by atoms with E-state index >= 15 is 0 Å². The van der Waals surface area contributed by atoms with Gasteiger partial charge in [-0.3, -0.25) is 0 Å². The van der Waals surface area contributed by atoms with E-state index < -0.39 is 11.2 Å². The van der Waals surface area contributed by atoms with Crippen LogP contribution >= 0.6 is 23.2 Å². The second kappa shape index (κ2) is 6.32. The molecule has 0 radical (unpaired) electrons. The summed E-state index contributed by atoms with van der Waals surface area (Å²) in [5.74, 6) is -0.0185. The summed E-state index contributed by atoms with van der Waals surface area (Å²) in [6.45, 7) is 0. The number of halogens is 3. The predicted molar refractivity (Wildman–Crippen MR) is 78.7 cm³/mol. The van der Waals surface area contributed by atoms with Crippen LogP contribution in [0.15, 0.2) is 18.2 Å². The molecule has 1 aromatic heterocycles. The van der Waals surface area contributed by atoms with E-state index in [4.69, 9.17) is 38.4 Å². The topological polar surface area (TPSA) is 70.3 Å². The fraction of sp³-hybridized carbons (Fsp3) is 0.231. The SMILES string of the molecule is COc1cc(OC)nc(C(Cl)c2c(F)ccc(Cl)c2N)n1. The maximum absolute atomic E-state index is 14.0. The molecule has 0 fully saturated rings. The predicted octanol–water partition coefficient (Wildman–Crippen LogP) is 3.20. The molecule has 1 heterocycles. The largest absolute Gasteiger partial charge is 0.481 e. The maximum Gasteiger partial charge on any atom is 0.220 e. The van der Waals surface area contributed by atoms with E-state index in [0.29, 0.717) is 0 Å². The van der Waals surface area contributed by atoms with Crippen LogP contribution in [0.1, 0.15) is 16.8 Å². The van der Waals surface area contributed by atoms with E-state index in [9.17, 15) is 4.39 Å². The van der Waals surface area contributed by atoms with Gasteiger partial charge in [-0.05, 0) is 12.1 Å². The molecule has 2 rings (SSSR count). The number of rotatable bonds is 4. The third-order valence-corrected chi connectivity index (χ3v) is 3.52. The van der Waals surface area contributed by atoms with Gasteiger partial charge in [0.05, 0.1) is 31.0 Å². The second-order valence-corrected chi connectivity index (χ2v) is 4.87. The average Bonchev–Trinajstić information content (AvgIpc) is 2.50. The summed E-state index contributed by atoms with van der Waals surface area (Å²) in [5.41, 5.74) is 5.85. The lowest BCUT2D eigenvalue weighted by Gasteiger charge is -2.14. The Morgan fingerprint density at radius 2 is 1.76 bits per heavy atom. The van der Waals surface area contributed by atoms with Gasteiger partial charge in [0.2, 0.25) is 11.8 Å². The summed E-state index contributed by atoms with van der Waals surface area (Å²) < 4.78 is 24.0. The van der Waals surface area contributed by atoms with Crippen LogP contribution in [0.3, 0.4) is 0 Å². The number of nitrogen functional groups attached to an aromatic ring is 1. The Morgan fingerprint density at radius 3 is 2.29 bits per heavy atom. The van der Waals surface area contributed by atoms with Crippen molar-refractivity contribution in [3.05, 3.63) is 40.4 Å². The van der Waals surface area contributed by atoms with Crippen molar-refractivity contribution >= 4 is 28.9 Å². The zero-order chi connectivity index (χ0) is 15.6. The number of aromatic nitrogens is 2. The van der Waals surface area contributed by atoms with Gasteiger partial charge in [-0.25, -0.2) is 4.39 Å². The molecule has 1 unspecified atom stereocenters. The molecule has 0 bridgehead atoms. The first-order valence-electron chi connectivity index (χ1n) is 5.82. The zero-order valence-corrected chi connectivity index (χ0v) is 12.7. The first kappa shape index (κ1) is 15.6. The molecular weight excluding hydrogens is 320 g/mol. The van der Waals surface area contributed by atoms with E-state index in [1.54, 1.807) is 0 Å². The normalized spacial score (nSPS) is 12.0. The van der Waals surface area contributed by atoms with E-state index in [1.165, 1.54) is 32.4 Å². The lowest BCUT2D eigenvalue weighted by molar-refractivity contribution is 0.368. The number of hydrogen-bond acceptors (Lipinski definition) is 5. The van der Waals surface area contributed by atoms with E-state index in [1.807, 2.05) is 0 Å². The van der Waals surface area contributed by atoms with Gasteiger partial charge in [-0.1, -0.05) is 11.6 Å². The number of nitrogens with two attached hydrogens (primary N) is 1. The number of nitrogens with zero attached hydrogens (tertiary/aromatic N) is 2. The molecule has 2 aromatic rings. The first-order chi connectivity index (χ1) is 9.97. The number of benzene rings is 1. The van der Waals surface area contributed by atoms with Crippen LogP contribution in [-0.4, -0.2) is 24.2 Å². The van der Waals surface area contributed by atoms with Crippen molar-refractivity contribution in [2.45, 2.75) is 5.38 Å². The Bertz CT molecular complexity index is 648. The van der Waals surface area contributed by atoms with Crippen LogP contribution in [0.25, 0.3) is 0 Å². The molecule has 21 heavy (non-hydrogen) atoms. The highest BCUT2D eigenvalue weighted by molar-refractivity contribution is 6.33. The summed E-state index contributed by atoms with van der Waals surface area (Å²) in [6.07, 6.45) is 0. The van der Waals surface area contributed by atoms with Crippen LogP contribution in [0.5, 0.6) is 11.8 Å². The summed E-state index contributed by atoms with van der Waals surface area (Å²) in [7, 11) is 2.87. The highest BCUT2D eigenvalue weighted by atomic mass is 35.5. The Hall–Kier alpha value is -1.79. The fourth-order valence-corrected chi connectivity index (χ4v) is 2.20. The standard InChI is InChI=1S/C13H12Cl2FN3O2/c1-20-8-5-9(21-2)19-13(18-8)11(15)10-7(16)4-3-6(14)12(10)17/h3-5,11H,17H2,1-2H3. The van der Waals surface area contributed by atoms with Crippen molar-refractivity contribution < 1.29 is 13.9 Å². The number of anilines is 1. The minimum absolute atomic E-state index is 0.0134. The Balaban J connectivity index is 2.54. The molecule has 0 aliphatic heterocycles. The van der Waals surface area contributed by atoms with E-state index in [2.05, 4.69) is 9.97 Å². The number of ether oxygens (including phenoxy) is 2. The van der Waals surface area contributed by atoms with Crippen LogP contribution in [0, 0.1) is 5.82 Å². The highest BCUT2D eigenvalue weighted by Crippen LogP contribution is 2.37. The van der Waals surface area contributed by atoms with Crippen molar-refractivity contribution in [3.8, 4) is 11.8 Å². The van der Waals surface area contributed by atoms with Gasteiger partial charge in [0.15, 0.2) is 5.82 Å². The van der Waals surface area contributed by atoms with Gasteiger partial charge in [0.25, 0.3) is 0 Å². The third kappa shape index (κ3) is 3.11. The molecule has 5 nitrogen and oxygen atoms in total. The molecule has 0 saturated heterocycles. The lowest BCUT2D eigenvalue weighted by atomic mass is 10.1. The Kier molecular flexibility index (Phi) is 4.69. The molecule has 1 atom stereocenters. The molecule has 0 amide bonds. The molecule has 2 N–H and O–H groups in total. The van der Waals surface area contributed by atoms with Crippen molar-refractivity contribution in [2.75, 3.05) is 20.0 Å². The quantitative estimate of drug-likeness (QED) is 0.688. The molecule has 8 heteroatoms. The van der Waals surface area contributed by atoms with E-state index in [0.717, 1.165) is 0 Å². The van der Waals surface area contributed by atoms with Gasteiger partial charge in [-0.2, -0.15) is 9.97 Å². The van der Waals surface area contributed by atoms with Crippen LogP contribution in [0.4, 0.5) is 10.1 Å². The van der Waals surface area contributed by atoms with Crippen molar-refractivity contribution in [2.24, 2.45) is 0 Å². The van der Waals surface area contributed by atoms with Crippen LogP contribution < -0.4 is 15.2 Å². The molecule has 112 valence electrons. The van der Waals surface area contributed by atoms with Crippen molar-refractivity contribution in [1.82, 2.24) is 9.97 Å². The first-order valence-corrected chi connectivity index (χ1v) is 6.63. The van der Waals surface area contributed by atoms with Gasteiger partial charge >= 0.3 is 0 Å². The molecule has 0 saturated carbocycles. The minimum Gasteiger partial charge on any atom is -0.481 e. The van der Waals surface area contributed by atoms with Gasteiger partial charge in [-0.15, -0.1) is 11.6 Å². The number of alkyl halides is 1. The zero-order valence-electron chi connectivity index (χ0n) is 11.2. The van der Waals surface area contributed by atoms with Gasteiger partial charge in [0.1, 0.15) is 11.2 Å². The molecular formula is C13H12Cl2FN3O2. The monoisotopic (exact) mass is 331 g/mol. The molecule has 0 aliphatic rings. The maximum atomic E-state index is 14.0. The highest BCUT2D eigenvalue weighted by Gasteiger charge is 2.24. The number of hydrogen-bond donors (Lipinski definition) is 1. The van der Waals surface area contributed by atoms with Crippen molar-refractivity contribution in [1.29, 1.82) is 0 Å². The van der Waals surface area contributed by atoms with Gasteiger partial charge in [0, 0.05) is 5.56 Å². The summed E-state index contributed by atoms with van der Waals surface area (Å²) >= 11 is 12.2. The van der Waals surface area contributed by atoms with Gasteiger partial charge < -0.3 is 15.2 Å². The Labute approximate surface area is 130 Å². The second-order valence-electron chi connectivity index (χ2n) is 4.03. The molecule has 1 aromatic carbocycles. The molecule has 0 spiro atoms. The lowest BCUT2D eigenvalue weighted by Crippen LogP contribution is -2.08. The Morgan fingerprint density at radius 1 is 1.19 bits per heavy atom. The minimum atomic E-state index is -1.03.